The highest BCUT2D eigenvalue weighted by Crippen LogP contribution is 2.26. The predicted molar refractivity (Wildman–Crippen MR) is 84.4 cm³/mol. The maximum atomic E-state index is 13.9. The SMILES string of the molecule is CC(Nc1ccc2[nH]ccc2c1)c1cc(Br)ccc1F. The van der Waals surface area contributed by atoms with Crippen LogP contribution in [0.15, 0.2) is 53.1 Å². The lowest BCUT2D eigenvalue weighted by molar-refractivity contribution is 0.600. The monoisotopic (exact) mass is 332 g/mol. The molecule has 1 unspecified atom stereocenters. The number of anilines is 1. The number of fused-ring (bicyclic) bond motifs is 1. The first-order chi connectivity index (χ1) is 9.63. The Bertz CT molecular complexity index is 751. The van der Waals surface area contributed by atoms with Gasteiger partial charge in [0.2, 0.25) is 0 Å². The van der Waals surface area contributed by atoms with Crippen LogP contribution in [0.25, 0.3) is 10.9 Å². The fraction of sp³-hybridized carbons (Fsp3) is 0.125. The van der Waals surface area contributed by atoms with Gasteiger partial charge in [-0.2, -0.15) is 0 Å². The molecular formula is C16H14BrFN2. The standard InChI is InChI=1S/C16H14BrFN2/c1-10(14-9-12(17)2-4-15(14)18)20-13-3-5-16-11(8-13)6-7-19-16/h2-10,19-20H,1H3. The van der Waals surface area contributed by atoms with E-state index in [9.17, 15) is 4.39 Å². The van der Waals surface area contributed by atoms with Crippen LogP contribution in [0, 0.1) is 5.82 Å². The molecule has 1 heterocycles. The van der Waals surface area contributed by atoms with Crippen LogP contribution in [0.4, 0.5) is 10.1 Å². The van der Waals surface area contributed by atoms with Crippen molar-refractivity contribution >= 4 is 32.5 Å². The lowest BCUT2D eigenvalue weighted by Crippen LogP contribution is -2.08. The van der Waals surface area contributed by atoms with Crippen molar-refractivity contribution in [3.05, 3.63) is 64.5 Å². The molecule has 0 amide bonds. The van der Waals surface area contributed by atoms with Gasteiger partial charge in [0, 0.05) is 32.8 Å². The summed E-state index contributed by atoms with van der Waals surface area (Å²) in [7, 11) is 0. The van der Waals surface area contributed by atoms with Crippen LogP contribution in [0.2, 0.25) is 0 Å². The van der Waals surface area contributed by atoms with Crippen molar-refractivity contribution in [1.29, 1.82) is 0 Å². The number of rotatable bonds is 3. The van der Waals surface area contributed by atoms with Gasteiger partial charge in [-0.15, -0.1) is 0 Å². The fourth-order valence-electron chi connectivity index (χ4n) is 2.32. The average molecular weight is 333 g/mol. The zero-order valence-corrected chi connectivity index (χ0v) is 12.5. The zero-order valence-electron chi connectivity index (χ0n) is 11.0. The van der Waals surface area contributed by atoms with Crippen molar-refractivity contribution in [3.8, 4) is 0 Å². The normalized spacial score (nSPS) is 12.6. The van der Waals surface area contributed by atoms with Crippen LogP contribution in [0.5, 0.6) is 0 Å². The average Bonchev–Trinajstić information content (AvgIpc) is 2.89. The fourth-order valence-corrected chi connectivity index (χ4v) is 2.70. The van der Waals surface area contributed by atoms with E-state index >= 15 is 0 Å². The van der Waals surface area contributed by atoms with Crippen molar-refractivity contribution in [2.24, 2.45) is 0 Å². The summed E-state index contributed by atoms with van der Waals surface area (Å²) in [5.41, 5.74) is 2.72. The third kappa shape index (κ3) is 2.56. The summed E-state index contributed by atoms with van der Waals surface area (Å²) in [6.45, 7) is 1.95. The van der Waals surface area contributed by atoms with E-state index in [0.29, 0.717) is 5.56 Å². The molecule has 4 heteroatoms. The second kappa shape index (κ2) is 5.29. The largest absolute Gasteiger partial charge is 0.378 e. The van der Waals surface area contributed by atoms with Gasteiger partial charge in [-0.05, 0) is 49.4 Å². The molecule has 2 aromatic carbocycles. The minimum absolute atomic E-state index is 0.108. The molecule has 0 bridgehead atoms. The minimum atomic E-state index is -0.198. The van der Waals surface area contributed by atoms with Crippen LogP contribution in [-0.4, -0.2) is 4.98 Å². The van der Waals surface area contributed by atoms with E-state index in [0.717, 1.165) is 21.1 Å². The molecule has 0 aliphatic carbocycles. The number of halogens is 2. The van der Waals surface area contributed by atoms with E-state index in [4.69, 9.17) is 0 Å². The molecule has 1 aromatic heterocycles. The molecule has 0 aliphatic rings. The molecule has 0 spiro atoms. The molecule has 0 fully saturated rings. The second-order valence-electron chi connectivity index (χ2n) is 4.81. The van der Waals surface area contributed by atoms with Crippen molar-refractivity contribution in [1.82, 2.24) is 4.98 Å². The van der Waals surface area contributed by atoms with E-state index in [1.165, 1.54) is 6.07 Å². The first-order valence-electron chi connectivity index (χ1n) is 6.42. The van der Waals surface area contributed by atoms with E-state index < -0.39 is 0 Å². The number of benzene rings is 2. The smallest absolute Gasteiger partial charge is 0.128 e. The third-order valence-electron chi connectivity index (χ3n) is 3.36. The van der Waals surface area contributed by atoms with E-state index in [-0.39, 0.29) is 11.9 Å². The Hall–Kier alpha value is -1.81. The first-order valence-corrected chi connectivity index (χ1v) is 7.21. The Morgan fingerprint density at radius 2 is 2.00 bits per heavy atom. The van der Waals surface area contributed by atoms with Crippen LogP contribution in [0.1, 0.15) is 18.5 Å². The van der Waals surface area contributed by atoms with Crippen LogP contribution < -0.4 is 5.32 Å². The lowest BCUT2D eigenvalue weighted by atomic mass is 10.1. The molecule has 20 heavy (non-hydrogen) atoms. The highest BCUT2D eigenvalue weighted by Gasteiger charge is 2.11. The molecule has 0 saturated heterocycles. The highest BCUT2D eigenvalue weighted by molar-refractivity contribution is 9.10. The summed E-state index contributed by atoms with van der Waals surface area (Å²) in [6.07, 6.45) is 1.91. The molecule has 1 atom stereocenters. The topological polar surface area (TPSA) is 27.8 Å². The summed E-state index contributed by atoms with van der Waals surface area (Å²) < 4.78 is 14.7. The molecule has 0 aliphatic heterocycles. The van der Waals surface area contributed by atoms with Gasteiger partial charge in [0.1, 0.15) is 5.82 Å². The van der Waals surface area contributed by atoms with Crippen molar-refractivity contribution in [2.75, 3.05) is 5.32 Å². The van der Waals surface area contributed by atoms with E-state index in [2.05, 4.69) is 32.3 Å². The zero-order chi connectivity index (χ0) is 14.1. The summed E-state index contributed by atoms with van der Waals surface area (Å²) in [5.74, 6) is -0.198. The summed E-state index contributed by atoms with van der Waals surface area (Å²) in [4.78, 5) is 3.15. The van der Waals surface area contributed by atoms with E-state index in [1.54, 1.807) is 6.07 Å². The van der Waals surface area contributed by atoms with E-state index in [1.807, 2.05) is 37.4 Å². The molecule has 2 nitrogen and oxygen atoms in total. The summed E-state index contributed by atoms with van der Waals surface area (Å²) in [6, 6.07) is 13.0. The number of aromatic amines is 1. The van der Waals surface area contributed by atoms with Gasteiger partial charge in [-0.25, -0.2) is 4.39 Å². The Labute approximate surface area is 125 Å². The molecule has 2 N–H and O–H groups in total. The highest BCUT2D eigenvalue weighted by atomic mass is 79.9. The predicted octanol–water partition coefficient (Wildman–Crippen LogP) is 5.24. The van der Waals surface area contributed by atoms with Crippen LogP contribution in [-0.2, 0) is 0 Å². The Balaban J connectivity index is 1.87. The van der Waals surface area contributed by atoms with Gasteiger partial charge >= 0.3 is 0 Å². The van der Waals surface area contributed by atoms with Crippen molar-refractivity contribution < 1.29 is 4.39 Å². The Morgan fingerprint density at radius 1 is 1.15 bits per heavy atom. The minimum Gasteiger partial charge on any atom is -0.378 e. The van der Waals surface area contributed by atoms with Crippen LogP contribution >= 0.6 is 15.9 Å². The molecule has 0 radical (unpaired) electrons. The maximum Gasteiger partial charge on any atom is 0.128 e. The lowest BCUT2D eigenvalue weighted by Gasteiger charge is -2.17. The van der Waals surface area contributed by atoms with Gasteiger partial charge in [-0.1, -0.05) is 15.9 Å². The van der Waals surface area contributed by atoms with Crippen molar-refractivity contribution in [3.63, 3.8) is 0 Å². The number of nitrogens with one attached hydrogen (secondary N) is 2. The molecule has 102 valence electrons. The summed E-state index contributed by atoms with van der Waals surface area (Å²) >= 11 is 3.38. The summed E-state index contributed by atoms with van der Waals surface area (Å²) in [5, 5.41) is 4.47. The molecular weight excluding hydrogens is 319 g/mol. The quantitative estimate of drug-likeness (QED) is 0.674. The van der Waals surface area contributed by atoms with Gasteiger partial charge in [-0.3, -0.25) is 0 Å². The Kier molecular flexibility index (Phi) is 3.49. The van der Waals surface area contributed by atoms with Gasteiger partial charge < -0.3 is 10.3 Å². The Morgan fingerprint density at radius 3 is 2.85 bits per heavy atom. The first kappa shape index (κ1) is 13.2. The number of aromatic nitrogens is 1. The third-order valence-corrected chi connectivity index (χ3v) is 3.85. The van der Waals surface area contributed by atoms with Gasteiger partial charge in [0.05, 0.1) is 6.04 Å². The number of hydrogen-bond donors (Lipinski definition) is 2. The number of H-pyrrole nitrogens is 1. The van der Waals surface area contributed by atoms with Gasteiger partial charge in [0.25, 0.3) is 0 Å². The number of hydrogen-bond acceptors (Lipinski definition) is 1. The maximum absolute atomic E-state index is 13.9. The van der Waals surface area contributed by atoms with Crippen molar-refractivity contribution in [2.45, 2.75) is 13.0 Å². The second-order valence-corrected chi connectivity index (χ2v) is 5.73. The molecule has 3 rings (SSSR count). The van der Waals surface area contributed by atoms with Crippen LogP contribution in [0.3, 0.4) is 0 Å². The van der Waals surface area contributed by atoms with Gasteiger partial charge in [0.15, 0.2) is 0 Å². The molecule has 3 aromatic rings. The molecule has 0 saturated carbocycles.